The van der Waals surface area contributed by atoms with E-state index >= 15 is 0 Å². The molecule has 2 amide bonds. The molecule has 2 fully saturated rings. The number of carbonyl (C=O) groups is 2. The van der Waals surface area contributed by atoms with E-state index in [0.717, 1.165) is 12.8 Å². The number of hydrogen-bond acceptors (Lipinski definition) is 3. The van der Waals surface area contributed by atoms with Gasteiger partial charge in [-0.25, -0.2) is 0 Å². The van der Waals surface area contributed by atoms with E-state index in [0.29, 0.717) is 24.9 Å². The third-order valence-corrected chi connectivity index (χ3v) is 5.29. The second-order valence-corrected chi connectivity index (χ2v) is 7.40. The number of amides is 2. The summed E-state index contributed by atoms with van der Waals surface area (Å²) in [6.07, 6.45) is 2.57. The maximum Gasteiger partial charge on any atom is 0.225 e. The Morgan fingerprint density at radius 3 is 2.76 bits per heavy atom. The van der Waals surface area contributed by atoms with Crippen LogP contribution in [0, 0.1) is 11.8 Å². The molecular formula is C16H22N2O2S. The average Bonchev–Trinajstić information content (AvgIpc) is 2.99. The predicted octanol–water partition coefficient (Wildman–Crippen LogP) is 2.57. The van der Waals surface area contributed by atoms with Crippen LogP contribution in [0.4, 0.5) is 0 Å². The number of carbonyl (C=O) groups excluding carboxylic acids is 2. The third kappa shape index (κ3) is 3.12. The monoisotopic (exact) mass is 306 g/mol. The summed E-state index contributed by atoms with van der Waals surface area (Å²) >= 11 is 1.67. The van der Waals surface area contributed by atoms with Gasteiger partial charge >= 0.3 is 0 Å². The Bertz CT molecular complexity index is 522. The molecule has 1 aromatic rings. The molecule has 2 atom stereocenters. The van der Waals surface area contributed by atoms with Crippen molar-refractivity contribution in [2.45, 2.75) is 45.2 Å². The first-order chi connectivity index (χ1) is 10.1. The highest BCUT2D eigenvalue weighted by molar-refractivity contribution is 7.10. The van der Waals surface area contributed by atoms with Gasteiger partial charge < -0.3 is 10.2 Å². The fourth-order valence-electron chi connectivity index (χ4n) is 2.95. The first-order valence-electron chi connectivity index (χ1n) is 7.69. The number of nitrogens with zero attached hydrogens (tertiary/aromatic N) is 1. The van der Waals surface area contributed by atoms with Crippen molar-refractivity contribution in [2.75, 3.05) is 6.54 Å². The molecule has 2 heterocycles. The van der Waals surface area contributed by atoms with E-state index in [4.69, 9.17) is 0 Å². The fourth-order valence-corrected chi connectivity index (χ4v) is 3.90. The largest absolute Gasteiger partial charge is 0.348 e. The first kappa shape index (κ1) is 14.6. The van der Waals surface area contributed by atoms with E-state index in [-0.39, 0.29) is 23.8 Å². The van der Waals surface area contributed by atoms with Crippen LogP contribution in [0.15, 0.2) is 17.5 Å². The van der Waals surface area contributed by atoms with Crippen LogP contribution in [0.25, 0.3) is 0 Å². The predicted molar refractivity (Wildman–Crippen MR) is 82.9 cm³/mol. The lowest BCUT2D eigenvalue weighted by molar-refractivity contribution is -0.129. The van der Waals surface area contributed by atoms with Crippen molar-refractivity contribution in [1.29, 1.82) is 0 Å². The third-order valence-electron chi connectivity index (χ3n) is 4.33. The molecule has 0 spiro atoms. The Hall–Kier alpha value is -1.36. The smallest absolute Gasteiger partial charge is 0.225 e. The fraction of sp³-hybridized carbons (Fsp3) is 0.625. The molecular weight excluding hydrogens is 284 g/mol. The second-order valence-electron chi connectivity index (χ2n) is 6.42. The summed E-state index contributed by atoms with van der Waals surface area (Å²) in [6, 6.07) is 4.53. The quantitative estimate of drug-likeness (QED) is 0.909. The van der Waals surface area contributed by atoms with Crippen LogP contribution < -0.4 is 5.32 Å². The van der Waals surface area contributed by atoms with Crippen LogP contribution in [0.2, 0.25) is 0 Å². The van der Waals surface area contributed by atoms with E-state index in [1.54, 1.807) is 11.3 Å². The number of hydrogen-bond donors (Lipinski definition) is 1. The molecule has 1 aromatic heterocycles. The van der Waals surface area contributed by atoms with Gasteiger partial charge in [0.15, 0.2) is 0 Å². The molecule has 2 aliphatic rings. The number of rotatable bonds is 5. The van der Waals surface area contributed by atoms with Crippen LogP contribution >= 0.6 is 11.3 Å². The molecule has 114 valence electrons. The van der Waals surface area contributed by atoms with Gasteiger partial charge in [-0.05, 0) is 30.2 Å². The maximum absolute atomic E-state index is 12.5. The zero-order valence-electron chi connectivity index (χ0n) is 12.5. The molecule has 0 bridgehead atoms. The molecule has 21 heavy (non-hydrogen) atoms. The SMILES string of the molecule is CC(C)[C@@H](NC(=O)[C@@H]1CC(=O)N(C2CC2)C1)c1cccs1. The molecule has 1 aliphatic heterocycles. The Labute approximate surface area is 129 Å². The van der Waals surface area contributed by atoms with Crippen molar-refractivity contribution in [1.82, 2.24) is 10.2 Å². The summed E-state index contributed by atoms with van der Waals surface area (Å²) in [7, 11) is 0. The van der Waals surface area contributed by atoms with Gasteiger partial charge in [-0.2, -0.15) is 0 Å². The molecule has 1 saturated carbocycles. The molecule has 0 unspecified atom stereocenters. The zero-order chi connectivity index (χ0) is 15.0. The van der Waals surface area contributed by atoms with Gasteiger partial charge in [0.05, 0.1) is 12.0 Å². The summed E-state index contributed by atoms with van der Waals surface area (Å²) < 4.78 is 0. The van der Waals surface area contributed by atoms with Gasteiger partial charge in [-0.15, -0.1) is 11.3 Å². The zero-order valence-corrected chi connectivity index (χ0v) is 13.4. The van der Waals surface area contributed by atoms with Gasteiger partial charge in [0.1, 0.15) is 0 Å². The van der Waals surface area contributed by atoms with E-state index in [9.17, 15) is 9.59 Å². The molecule has 1 aliphatic carbocycles. The minimum atomic E-state index is -0.181. The molecule has 1 saturated heterocycles. The highest BCUT2D eigenvalue weighted by atomic mass is 32.1. The minimum Gasteiger partial charge on any atom is -0.348 e. The summed E-state index contributed by atoms with van der Waals surface area (Å²) in [5.41, 5.74) is 0. The molecule has 0 aromatic carbocycles. The first-order valence-corrected chi connectivity index (χ1v) is 8.57. The van der Waals surface area contributed by atoms with Crippen LogP contribution in [0.1, 0.15) is 44.0 Å². The number of thiophene rings is 1. The van der Waals surface area contributed by atoms with Crippen molar-refractivity contribution < 1.29 is 9.59 Å². The van der Waals surface area contributed by atoms with Gasteiger partial charge in [0.2, 0.25) is 11.8 Å². The number of nitrogens with one attached hydrogen (secondary N) is 1. The Morgan fingerprint density at radius 2 is 2.19 bits per heavy atom. The summed E-state index contributed by atoms with van der Waals surface area (Å²) in [4.78, 5) is 27.6. The molecule has 5 heteroatoms. The van der Waals surface area contributed by atoms with Crippen molar-refractivity contribution >= 4 is 23.2 Å². The Balaban J connectivity index is 1.64. The van der Waals surface area contributed by atoms with E-state index in [2.05, 4.69) is 25.2 Å². The Kier molecular flexibility index (Phi) is 4.02. The second kappa shape index (κ2) is 5.79. The lowest BCUT2D eigenvalue weighted by atomic mass is 10.0. The average molecular weight is 306 g/mol. The van der Waals surface area contributed by atoms with Crippen molar-refractivity contribution in [2.24, 2.45) is 11.8 Å². The van der Waals surface area contributed by atoms with Gasteiger partial charge in [0.25, 0.3) is 0 Å². The lowest BCUT2D eigenvalue weighted by Crippen LogP contribution is -2.37. The molecule has 1 N–H and O–H groups in total. The van der Waals surface area contributed by atoms with Gasteiger partial charge in [0, 0.05) is 23.9 Å². The topological polar surface area (TPSA) is 49.4 Å². The van der Waals surface area contributed by atoms with Crippen LogP contribution in [0.3, 0.4) is 0 Å². The normalized spacial score (nSPS) is 23.7. The summed E-state index contributed by atoms with van der Waals surface area (Å²) in [5, 5.41) is 5.19. The van der Waals surface area contributed by atoms with E-state index in [1.807, 2.05) is 16.3 Å². The Morgan fingerprint density at radius 1 is 1.43 bits per heavy atom. The molecule has 0 radical (unpaired) electrons. The van der Waals surface area contributed by atoms with Crippen LogP contribution in [-0.2, 0) is 9.59 Å². The highest BCUT2D eigenvalue weighted by Gasteiger charge is 2.42. The summed E-state index contributed by atoms with van der Waals surface area (Å²) in [6.45, 7) is 4.83. The van der Waals surface area contributed by atoms with Gasteiger partial charge in [-0.1, -0.05) is 19.9 Å². The highest BCUT2D eigenvalue weighted by Crippen LogP contribution is 2.33. The maximum atomic E-state index is 12.5. The number of likely N-dealkylation sites (tertiary alicyclic amines) is 1. The van der Waals surface area contributed by atoms with Crippen LogP contribution in [0.5, 0.6) is 0 Å². The summed E-state index contributed by atoms with van der Waals surface area (Å²) in [5.74, 6) is 0.331. The standard InChI is InChI=1S/C16H22N2O2S/c1-10(2)15(13-4-3-7-21-13)17-16(20)11-8-14(19)18(9-11)12-5-6-12/h3-4,7,10-12,15H,5-6,8-9H2,1-2H3,(H,17,20)/t11-,15-/m1/s1. The molecule has 3 rings (SSSR count). The van der Waals surface area contributed by atoms with Crippen molar-refractivity contribution in [3.05, 3.63) is 22.4 Å². The van der Waals surface area contributed by atoms with E-state index < -0.39 is 0 Å². The minimum absolute atomic E-state index is 0.0265. The van der Waals surface area contributed by atoms with E-state index in [1.165, 1.54) is 4.88 Å². The van der Waals surface area contributed by atoms with Crippen molar-refractivity contribution in [3.63, 3.8) is 0 Å². The molecule has 4 nitrogen and oxygen atoms in total. The van der Waals surface area contributed by atoms with Gasteiger partial charge in [-0.3, -0.25) is 9.59 Å². The van der Waals surface area contributed by atoms with Crippen LogP contribution in [-0.4, -0.2) is 29.3 Å². The lowest BCUT2D eigenvalue weighted by Gasteiger charge is -2.23. The van der Waals surface area contributed by atoms with Crippen molar-refractivity contribution in [3.8, 4) is 0 Å².